The van der Waals surface area contributed by atoms with Gasteiger partial charge in [-0.3, -0.25) is 4.79 Å². The van der Waals surface area contributed by atoms with Crippen molar-refractivity contribution in [2.24, 2.45) is 5.10 Å². The molecule has 3 aromatic rings. The van der Waals surface area contributed by atoms with Gasteiger partial charge in [0.1, 0.15) is 5.75 Å². The average molecular weight is 439 g/mol. The first-order chi connectivity index (χ1) is 11.0. The van der Waals surface area contributed by atoms with E-state index in [1.165, 1.54) is 6.21 Å². The fourth-order valence-corrected chi connectivity index (χ4v) is 3.26. The zero-order chi connectivity index (χ0) is 16.6. The number of nitrogens with one attached hydrogen (secondary N) is 1. The Balaban J connectivity index is 2.12. The topological polar surface area (TPSA) is 87.5 Å². The van der Waals surface area contributed by atoms with Crippen LogP contribution in [0.15, 0.2) is 60.0 Å². The number of aromatic amines is 1. The third-order valence-electron chi connectivity index (χ3n) is 3.15. The van der Waals surface area contributed by atoms with Gasteiger partial charge in [0.15, 0.2) is 0 Å². The van der Waals surface area contributed by atoms with Crippen molar-refractivity contribution in [2.75, 3.05) is 0 Å². The first-order valence-corrected chi connectivity index (χ1v) is 8.02. The van der Waals surface area contributed by atoms with Crippen LogP contribution >= 0.6 is 31.9 Å². The molecule has 0 aliphatic carbocycles. The van der Waals surface area contributed by atoms with Gasteiger partial charge in [0.05, 0.1) is 26.1 Å². The lowest BCUT2D eigenvalue weighted by Crippen LogP contribution is -2.32. The van der Waals surface area contributed by atoms with E-state index in [1.54, 1.807) is 36.4 Å². The lowest BCUT2D eigenvalue weighted by molar-refractivity contribution is 0.468. The molecule has 0 spiro atoms. The summed E-state index contributed by atoms with van der Waals surface area (Å²) in [6.45, 7) is 0. The molecule has 0 amide bonds. The number of rotatable bonds is 2. The van der Waals surface area contributed by atoms with E-state index >= 15 is 0 Å². The number of nitrogens with zero attached hydrogens (tertiary/aromatic N) is 2. The summed E-state index contributed by atoms with van der Waals surface area (Å²) in [7, 11) is 0. The Morgan fingerprint density at radius 3 is 2.48 bits per heavy atom. The molecule has 23 heavy (non-hydrogen) atoms. The van der Waals surface area contributed by atoms with Gasteiger partial charge < -0.3 is 10.1 Å². The van der Waals surface area contributed by atoms with Gasteiger partial charge >= 0.3 is 5.69 Å². The number of fused-ring (bicyclic) bond motifs is 1. The van der Waals surface area contributed by atoms with Crippen molar-refractivity contribution in [3.05, 3.63) is 71.7 Å². The number of H-pyrrole nitrogens is 1. The van der Waals surface area contributed by atoms with Crippen LogP contribution in [0, 0.1) is 0 Å². The van der Waals surface area contributed by atoms with E-state index in [9.17, 15) is 14.7 Å². The number of phenols is 1. The molecule has 0 fully saturated rings. The Hall–Kier alpha value is -2.19. The summed E-state index contributed by atoms with van der Waals surface area (Å²) in [6.07, 6.45) is 1.36. The van der Waals surface area contributed by atoms with Crippen molar-refractivity contribution in [1.29, 1.82) is 0 Å². The first-order valence-electron chi connectivity index (χ1n) is 6.44. The lowest BCUT2D eigenvalue weighted by atomic mass is 10.2. The normalized spacial score (nSPS) is 11.4. The highest BCUT2D eigenvalue weighted by Crippen LogP contribution is 2.32. The summed E-state index contributed by atoms with van der Waals surface area (Å²) in [5.41, 5.74) is -0.0653. The van der Waals surface area contributed by atoms with Crippen molar-refractivity contribution in [1.82, 2.24) is 9.66 Å². The molecule has 0 unspecified atom stereocenters. The van der Waals surface area contributed by atoms with Crippen molar-refractivity contribution < 1.29 is 5.11 Å². The van der Waals surface area contributed by atoms with Crippen LogP contribution in [0.25, 0.3) is 10.9 Å². The lowest BCUT2D eigenvalue weighted by Gasteiger charge is -2.03. The van der Waals surface area contributed by atoms with E-state index in [0.717, 1.165) is 4.68 Å². The number of halogens is 2. The quantitative estimate of drug-likeness (QED) is 0.603. The Morgan fingerprint density at radius 1 is 1.13 bits per heavy atom. The second-order valence-electron chi connectivity index (χ2n) is 4.67. The first kappa shape index (κ1) is 15.7. The molecule has 1 aromatic heterocycles. The molecule has 0 atom stereocenters. The van der Waals surface area contributed by atoms with Gasteiger partial charge in [-0.15, -0.1) is 4.68 Å². The minimum Gasteiger partial charge on any atom is -0.506 e. The zero-order valence-corrected chi connectivity index (χ0v) is 14.6. The van der Waals surface area contributed by atoms with E-state index in [0.29, 0.717) is 25.4 Å². The second-order valence-corrected chi connectivity index (χ2v) is 6.38. The minimum absolute atomic E-state index is 0.0582. The number of phenolic OH excluding ortho intramolecular Hbond substituents is 1. The minimum atomic E-state index is -0.623. The van der Waals surface area contributed by atoms with Crippen molar-refractivity contribution in [3.8, 4) is 5.75 Å². The Kier molecular flexibility index (Phi) is 4.18. The van der Waals surface area contributed by atoms with Crippen molar-refractivity contribution >= 4 is 49.0 Å². The highest BCUT2D eigenvalue weighted by Gasteiger charge is 2.07. The summed E-state index contributed by atoms with van der Waals surface area (Å²) in [5.74, 6) is 0.0582. The predicted molar refractivity (Wildman–Crippen MR) is 95.3 cm³/mol. The Morgan fingerprint density at radius 2 is 1.78 bits per heavy atom. The van der Waals surface area contributed by atoms with Gasteiger partial charge in [-0.1, -0.05) is 12.1 Å². The molecule has 1 heterocycles. The van der Waals surface area contributed by atoms with E-state index in [-0.39, 0.29) is 5.75 Å². The smallest absolute Gasteiger partial charge is 0.349 e. The van der Waals surface area contributed by atoms with Crippen LogP contribution in [-0.2, 0) is 0 Å². The second kappa shape index (κ2) is 6.13. The van der Waals surface area contributed by atoms with Crippen LogP contribution in [0.2, 0.25) is 0 Å². The van der Waals surface area contributed by atoms with Crippen molar-refractivity contribution in [3.63, 3.8) is 0 Å². The van der Waals surface area contributed by atoms with Crippen LogP contribution in [0.3, 0.4) is 0 Å². The molecule has 0 saturated heterocycles. The monoisotopic (exact) mass is 437 g/mol. The summed E-state index contributed by atoms with van der Waals surface area (Å²) in [5, 5.41) is 14.0. The van der Waals surface area contributed by atoms with E-state index in [1.807, 2.05) is 0 Å². The number of aromatic hydroxyl groups is 1. The van der Waals surface area contributed by atoms with Gasteiger partial charge in [-0.25, -0.2) is 4.79 Å². The molecule has 0 radical (unpaired) electrons. The number of benzene rings is 2. The highest BCUT2D eigenvalue weighted by molar-refractivity contribution is 9.11. The molecular formula is C15H9Br2N3O3. The maximum atomic E-state index is 12.3. The zero-order valence-electron chi connectivity index (χ0n) is 11.5. The molecule has 2 N–H and O–H groups in total. The van der Waals surface area contributed by atoms with E-state index < -0.39 is 11.2 Å². The molecule has 0 aliphatic rings. The number of hydrogen-bond donors (Lipinski definition) is 2. The van der Waals surface area contributed by atoms with E-state index in [4.69, 9.17) is 0 Å². The van der Waals surface area contributed by atoms with Crippen LogP contribution < -0.4 is 11.2 Å². The van der Waals surface area contributed by atoms with Crippen LogP contribution in [0.4, 0.5) is 0 Å². The van der Waals surface area contributed by atoms with Crippen LogP contribution in [0.1, 0.15) is 5.56 Å². The van der Waals surface area contributed by atoms with Gasteiger partial charge in [-0.2, -0.15) is 5.10 Å². The molecule has 0 bridgehead atoms. The molecule has 0 saturated carbocycles. The molecule has 116 valence electrons. The summed E-state index contributed by atoms with van der Waals surface area (Å²) in [4.78, 5) is 26.9. The van der Waals surface area contributed by atoms with Crippen LogP contribution in [0.5, 0.6) is 5.75 Å². The molecular weight excluding hydrogens is 430 g/mol. The third kappa shape index (κ3) is 2.99. The Labute approximate surface area is 146 Å². The summed E-state index contributed by atoms with van der Waals surface area (Å²) >= 11 is 6.41. The number of aromatic nitrogens is 2. The molecule has 3 rings (SSSR count). The van der Waals surface area contributed by atoms with Gasteiger partial charge in [0.2, 0.25) is 0 Å². The SMILES string of the molecule is O=c1[nH]c2ccccc2c(=O)n1N=Cc1cc(Br)c(O)c(Br)c1. The maximum absolute atomic E-state index is 12.3. The average Bonchev–Trinajstić information content (AvgIpc) is 2.52. The predicted octanol–water partition coefficient (Wildman–Crippen LogP) is 2.80. The largest absolute Gasteiger partial charge is 0.506 e. The summed E-state index contributed by atoms with van der Waals surface area (Å²) < 4.78 is 1.69. The molecule has 6 nitrogen and oxygen atoms in total. The fourth-order valence-electron chi connectivity index (χ4n) is 2.04. The summed E-state index contributed by atoms with van der Waals surface area (Å²) in [6, 6.07) is 9.95. The Bertz CT molecular complexity index is 1030. The molecule has 0 aliphatic heterocycles. The standard InChI is InChI=1S/C15H9Br2N3O3/c16-10-5-8(6-11(17)13(10)21)7-18-20-14(22)9-3-1-2-4-12(9)19-15(20)23/h1-7,21H,(H,19,23). The molecule has 2 aromatic carbocycles. The van der Waals surface area contributed by atoms with E-state index in [2.05, 4.69) is 41.9 Å². The fraction of sp³-hybridized carbons (Fsp3) is 0. The maximum Gasteiger partial charge on any atom is 0.349 e. The highest BCUT2D eigenvalue weighted by atomic mass is 79.9. The number of hydrogen-bond acceptors (Lipinski definition) is 4. The van der Waals surface area contributed by atoms with Crippen molar-refractivity contribution in [2.45, 2.75) is 0 Å². The molecule has 8 heteroatoms. The number of para-hydroxylation sites is 1. The van der Waals surface area contributed by atoms with Crippen LogP contribution in [-0.4, -0.2) is 21.0 Å². The van der Waals surface area contributed by atoms with Gasteiger partial charge in [-0.05, 0) is 61.7 Å². The van der Waals surface area contributed by atoms with Gasteiger partial charge in [0.25, 0.3) is 5.56 Å². The third-order valence-corrected chi connectivity index (χ3v) is 4.35. The van der Waals surface area contributed by atoms with Gasteiger partial charge in [0, 0.05) is 0 Å².